The third-order valence-corrected chi connectivity index (χ3v) is 1.56. The minimum atomic E-state index is -4.43. The first kappa shape index (κ1) is 11.0. The normalized spacial score (nSPS) is 14.4. The van der Waals surface area contributed by atoms with E-state index >= 15 is 0 Å². The monoisotopic (exact) mass is 194 g/mol. The zero-order chi connectivity index (χ0) is 9.61. The van der Waals surface area contributed by atoms with Gasteiger partial charge in [0.25, 0.3) is 0 Å². The number of rotatable bonds is 5. The van der Waals surface area contributed by atoms with Gasteiger partial charge in [-0.1, -0.05) is 6.58 Å². The largest absolute Gasteiger partial charge is 0.530 e. The van der Waals surface area contributed by atoms with Crippen LogP contribution in [0.3, 0.4) is 0 Å². The van der Waals surface area contributed by atoms with Crippen molar-refractivity contribution in [3.8, 4) is 0 Å². The molecular formula is C5H7O6P. The molecule has 0 aromatic heterocycles. The van der Waals surface area contributed by atoms with Crippen LogP contribution < -0.4 is 0 Å². The van der Waals surface area contributed by atoms with Crippen molar-refractivity contribution in [1.29, 1.82) is 0 Å². The fourth-order valence-electron chi connectivity index (χ4n) is 0.302. The van der Waals surface area contributed by atoms with E-state index in [0.717, 1.165) is 0 Å². The molecule has 1 unspecified atom stereocenters. The van der Waals surface area contributed by atoms with E-state index in [2.05, 4.69) is 15.6 Å². The minimum absolute atomic E-state index is 0.255. The molecule has 0 radical (unpaired) electrons. The van der Waals surface area contributed by atoms with Crippen LogP contribution in [0, 0.1) is 0 Å². The predicted octanol–water partition coefficient (Wildman–Crippen LogP) is 0.0315. The van der Waals surface area contributed by atoms with Crippen LogP contribution in [0.1, 0.15) is 0 Å². The molecule has 1 atom stereocenters. The standard InChI is InChI=1S/C5H7O6P/c1-2-5(7)11-12(8,9)10-4-3-6/h2-3H,1,4H2,(H,8,9). The van der Waals surface area contributed by atoms with Gasteiger partial charge >= 0.3 is 13.8 Å². The van der Waals surface area contributed by atoms with Crippen molar-refractivity contribution in [1.82, 2.24) is 0 Å². The summed E-state index contributed by atoms with van der Waals surface area (Å²) >= 11 is 0. The third-order valence-electron chi connectivity index (χ3n) is 0.678. The number of carbonyl (C=O) groups excluding carboxylic acids is 2. The fraction of sp³-hybridized carbons (Fsp3) is 0.200. The highest BCUT2D eigenvalue weighted by molar-refractivity contribution is 7.48. The Labute approximate surface area is 68.4 Å². The van der Waals surface area contributed by atoms with Crippen molar-refractivity contribution in [3.05, 3.63) is 12.7 Å². The van der Waals surface area contributed by atoms with Crippen molar-refractivity contribution in [2.75, 3.05) is 6.61 Å². The molecule has 0 aliphatic rings. The van der Waals surface area contributed by atoms with E-state index in [1.54, 1.807) is 0 Å². The van der Waals surface area contributed by atoms with Crippen molar-refractivity contribution >= 4 is 20.1 Å². The van der Waals surface area contributed by atoms with E-state index in [9.17, 15) is 14.2 Å². The second kappa shape index (κ2) is 4.82. The van der Waals surface area contributed by atoms with Gasteiger partial charge in [-0.2, -0.15) is 0 Å². The Balaban J connectivity index is 4.03. The summed E-state index contributed by atoms with van der Waals surface area (Å²) < 4.78 is 18.5. The van der Waals surface area contributed by atoms with E-state index in [1.807, 2.05) is 0 Å². The lowest BCUT2D eigenvalue weighted by atomic mass is 10.7. The van der Waals surface area contributed by atoms with Crippen LogP contribution >= 0.6 is 7.82 Å². The highest BCUT2D eigenvalue weighted by Gasteiger charge is 2.24. The first-order chi connectivity index (χ1) is 5.52. The Morgan fingerprint density at radius 3 is 2.67 bits per heavy atom. The summed E-state index contributed by atoms with van der Waals surface area (Å²) in [6, 6.07) is 0. The summed E-state index contributed by atoms with van der Waals surface area (Å²) in [7, 11) is -4.43. The van der Waals surface area contributed by atoms with Crippen LogP contribution in [0.25, 0.3) is 0 Å². The molecule has 0 saturated heterocycles. The van der Waals surface area contributed by atoms with Gasteiger partial charge in [0.15, 0.2) is 0 Å². The van der Waals surface area contributed by atoms with Gasteiger partial charge in [-0.25, -0.2) is 9.36 Å². The van der Waals surface area contributed by atoms with Crippen molar-refractivity contribution in [3.63, 3.8) is 0 Å². The average molecular weight is 194 g/mol. The third kappa shape index (κ3) is 4.79. The lowest BCUT2D eigenvalue weighted by Gasteiger charge is -2.07. The molecule has 0 heterocycles. The van der Waals surface area contributed by atoms with Gasteiger partial charge in [-0.15, -0.1) is 0 Å². The minimum Gasteiger partial charge on any atom is -0.367 e. The SMILES string of the molecule is C=CC(=O)OP(=O)(O)OCC=O. The maximum Gasteiger partial charge on any atom is 0.530 e. The molecule has 0 aromatic rings. The Bertz CT molecular complexity index is 234. The van der Waals surface area contributed by atoms with E-state index in [1.165, 1.54) is 0 Å². The lowest BCUT2D eigenvalue weighted by molar-refractivity contribution is -0.130. The van der Waals surface area contributed by atoms with E-state index in [-0.39, 0.29) is 6.29 Å². The maximum absolute atomic E-state index is 10.6. The summed E-state index contributed by atoms with van der Waals surface area (Å²) in [4.78, 5) is 28.7. The van der Waals surface area contributed by atoms with Gasteiger partial charge in [0.2, 0.25) is 0 Å². The van der Waals surface area contributed by atoms with Gasteiger partial charge in [0.05, 0.1) is 0 Å². The molecule has 0 bridgehead atoms. The van der Waals surface area contributed by atoms with E-state index in [4.69, 9.17) is 4.89 Å². The lowest BCUT2D eigenvalue weighted by Crippen LogP contribution is -2.02. The number of phosphoric acid groups is 1. The zero-order valence-electron chi connectivity index (χ0n) is 6.00. The topological polar surface area (TPSA) is 89.9 Å². The van der Waals surface area contributed by atoms with Crippen molar-refractivity contribution < 1.29 is 28.1 Å². The van der Waals surface area contributed by atoms with Gasteiger partial charge < -0.3 is 9.32 Å². The Hall–Kier alpha value is -0.970. The predicted molar refractivity (Wildman–Crippen MR) is 38.1 cm³/mol. The molecule has 1 N–H and O–H groups in total. The van der Waals surface area contributed by atoms with Crippen LogP contribution in [0.5, 0.6) is 0 Å². The molecule has 0 spiro atoms. The second-order valence-corrected chi connectivity index (χ2v) is 2.92. The first-order valence-electron chi connectivity index (χ1n) is 2.79. The van der Waals surface area contributed by atoms with Crippen LogP contribution in [0.2, 0.25) is 0 Å². The van der Waals surface area contributed by atoms with Crippen molar-refractivity contribution in [2.45, 2.75) is 0 Å². The van der Waals surface area contributed by atoms with Crippen LogP contribution in [0.4, 0.5) is 0 Å². The van der Waals surface area contributed by atoms with E-state index in [0.29, 0.717) is 6.08 Å². The molecule has 0 aromatic carbocycles. The second-order valence-electron chi connectivity index (χ2n) is 1.55. The summed E-state index contributed by atoms with van der Waals surface area (Å²) in [5.41, 5.74) is 0. The molecule has 0 amide bonds. The van der Waals surface area contributed by atoms with Crippen molar-refractivity contribution in [2.24, 2.45) is 0 Å². The molecule has 68 valence electrons. The quantitative estimate of drug-likeness (QED) is 0.377. The van der Waals surface area contributed by atoms with Gasteiger partial charge in [0.1, 0.15) is 12.9 Å². The molecule has 0 aliphatic carbocycles. The Morgan fingerprint density at radius 1 is 1.67 bits per heavy atom. The van der Waals surface area contributed by atoms with Crippen LogP contribution in [0.15, 0.2) is 12.7 Å². The molecule has 0 fully saturated rings. The molecule has 0 rings (SSSR count). The Morgan fingerprint density at radius 2 is 2.25 bits per heavy atom. The molecular weight excluding hydrogens is 187 g/mol. The molecule has 0 aliphatic heterocycles. The van der Waals surface area contributed by atoms with Gasteiger partial charge in [0, 0.05) is 6.08 Å². The van der Waals surface area contributed by atoms with E-state index < -0.39 is 20.4 Å². The highest BCUT2D eigenvalue weighted by atomic mass is 31.2. The molecule has 6 nitrogen and oxygen atoms in total. The van der Waals surface area contributed by atoms with Gasteiger partial charge in [-0.3, -0.25) is 9.42 Å². The fourth-order valence-corrected chi connectivity index (χ4v) is 0.906. The highest BCUT2D eigenvalue weighted by Crippen LogP contribution is 2.42. The summed E-state index contributed by atoms with van der Waals surface area (Å²) in [6.07, 6.45) is 0.956. The summed E-state index contributed by atoms with van der Waals surface area (Å²) in [6.45, 7) is 2.38. The number of phosphoric ester groups is 1. The first-order valence-corrected chi connectivity index (χ1v) is 4.28. The van der Waals surface area contributed by atoms with Crippen LogP contribution in [-0.4, -0.2) is 23.8 Å². The number of hydrogen-bond acceptors (Lipinski definition) is 5. The summed E-state index contributed by atoms with van der Waals surface area (Å²) in [5.74, 6) is -1.09. The van der Waals surface area contributed by atoms with Crippen LogP contribution in [-0.2, 0) is 23.2 Å². The summed E-state index contributed by atoms with van der Waals surface area (Å²) in [5, 5.41) is 0. The molecule has 12 heavy (non-hydrogen) atoms. The number of carbonyl (C=O) groups is 2. The molecule has 0 saturated carbocycles. The average Bonchev–Trinajstić information content (AvgIpc) is 2.00. The number of aldehydes is 1. The van der Waals surface area contributed by atoms with Gasteiger partial charge in [-0.05, 0) is 0 Å². The smallest absolute Gasteiger partial charge is 0.367 e. The number of hydrogen-bond donors (Lipinski definition) is 1. The maximum atomic E-state index is 10.6. The Kier molecular flexibility index (Phi) is 4.43. The zero-order valence-corrected chi connectivity index (χ0v) is 6.90. The molecule has 7 heteroatoms.